The number of amides is 1. The third-order valence-corrected chi connectivity index (χ3v) is 5.37. The molecule has 0 aromatic heterocycles. The van der Waals surface area contributed by atoms with Crippen LogP contribution in [0.2, 0.25) is 0 Å². The first kappa shape index (κ1) is 24.3. The number of ether oxygens (including phenoxy) is 3. The van der Waals surface area contributed by atoms with Gasteiger partial charge in [-0.05, 0) is 48.7 Å². The Bertz CT molecular complexity index is 1030. The molecule has 1 amide bonds. The number of aliphatic hydroxyl groups excluding tert-OH is 1. The minimum Gasteiger partial charge on any atom is -0.507 e. The fourth-order valence-corrected chi connectivity index (χ4v) is 3.81. The monoisotopic (exact) mass is 457 g/mol. The van der Waals surface area contributed by atoms with E-state index in [1.165, 1.54) is 24.1 Å². The average molecular weight is 457 g/mol. The zero-order valence-electron chi connectivity index (χ0n) is 19.0. The summed E-state index contributed by atoms with van der Waals surface area (Å²) >= 11 is 0. The van der Waals surface area contributed by atoms with E-state index in [0.29, 0.717) is 30.9 Å². The Morgan fingerprint density at radius 3 is 2.45 bits per heavy atom. The van der Waals surface area contributed by atoms with Gasteiger partial charge < -0.3 is 24.2 Å². The molecule has 1 unspecified atom stereocenters. The summed E-state index contributed by atoms with van der Waals surface area (Å²) < 4.78 is 29.9. The normalized spacial score (nSPS) is 17.5. The first-order valence-electron chi connectivity index (χ1n) is 10.8. The SMILES string of the molecule is CCCOc1ccc(C2/C(=C(\O)c3cc(F)ccc3OC)C(=O)C(=O)N2CCCOC)cc1. The molecule has 0 radical (unpaired) electrons. The maximum Gasteiger partial charge on any atom is 0.295 e. The molecule has 3 rings (SSSR count). The van der Waals surface area contributed by atoms with Crippen molar-refractivity contribution in [3.63, 3.8) is 0 Å². The lowest BCUT2D eigenvalue weighted by Crippen LogP contribution is -2.31. The number of likely N-dealkylation sites (tertiary alicyclic amines) is 1. The molecule has 1 aliphatic heterocycles. The van der Waals surface area contributed by atoms with Crippen LogP contribution in [0.4, 0.5) is 4.39 Å². The number of aliphatic hydroxyl groups is 1. The lowest BCUT2D eigenvalue weighted by atomic mass is 9.95. The van der Waals surface area contributed by atoms with Crippen molar-refractivity contribution in [2.45, 2.75) is 25.8 Å². The zero-order valence-corrected chi connectivity index (χ0v) is 19.0. The molecule has 1 N–H and O–H groups in total. The Hall–Kier alpha value is -3.39. The third kappa shape index (κ3) is 5.17. The van der Waals surface area contributed by atoms with Gasteiger partial charge in [-0.3, -0.25) is 9.59 Å². The number of Topliss-reactive ketones (excluding diaryl/α,β-unsaturated/α-hetero) is 1. The number of hydrogen-bond acceptors (Lipinski definition) is 6. The highest BCUT2D eigenvalue weighted by Crippen LogP contribution is 2.41. The lowest BCUT2D eigenvalue weighted by Gasteiger charge is -2.25. The van der Waals surface area contributed by atoms with Gasteiger partial charge in [-0.15, -0.1) is 0 Å². The van der Waals surface area contributed by atoms with Gasteiger partial charge >= 0.3 is 0 Å². The number of hydrogen-bond donors (Lipinski definition) is 1. The summed E-state index contributed by atoms with van der Waals surface area (Å²) in [5.74, 6) is -1.84. The summed E-state index contributed by atoms with van der Waals surface area (Å²) in [5, 5.41) is 11.1. The predicted molar refractivity (Wildman–Crippen MR) is 121 cm³/mol. The maximum absolute atomic E-state index is 14.0. The highest BCUT2D eigenvalue weighted by atomic mass is 19.1. The van der Waals surface area contributed by atoms with Crippen molar-refractivity contribution in [3.05, 3.63) is 65.0 Å². The van der Waals surface area contributed by atoms with Crippen molar-refractivity contribution in [2.24, 2.45) is 0 Å². The second-order valence-corrected chi connectivity index (χ2v) is 7.60. The highest BCUT2D eigenvalue weighted by molar-refractivity contribution is 6.46. The smallest absolute Gasteiger partial charge is 0.295 e. The van der Waals surface area contributed by atoms with E-state index in [9.17, 15) is 19.1 Å². The molecule has 0 saturated carbocycles. The van der Waals surface area contributed by atoms with E-state index >= 15 is 0 Å². The molecule has 1 aliphatic rings. The fourth-order valence-electron chi connectivity index (χ4n) is 3.81. The predicted octanol–water partition coefficient (Wildman–Crippen LogP) is 4.08. The second kappa shape index (κ2) is 11.0. The number of carbonyl (C=O) groups excluding carboxylic acids is 2. The summed E-state index contributed by atoms with van der Waals surface area (Å²) in [7, 11) is 2.93. The molecule has 7 nitrogen and oxygen atoms in total. The summed E-state index contributed by atoms with van der Waals surface area (Å²) in [6.45, 7) is 3.21. The lowest BCUT2D eigenvalue weighted by molar-refractivity contribution is -0.140. The maximum atomic E-state index is 14.0. The fraction of sp³-hybridized carbons (Fsp3) is 0.360. The Balaban J connectivity index is 2.12. The number of ketones is 1. The van der Waals surface area contributed by atoms with Gasteiger partial charge in [-0.2, -0.15) is 0 Å². The van der Waals surface area contributed by atoms with Crippen molar-refractivity contribution in [1.82, 2.24) is 4.90 Å². The van der Waals surface area contributed by atoms with Gasteiger partial charge in [0.2, 0.25) is 0 Å². The number of carbonyl (C=O) groups is 2. The minimum absolute atomic E-state index is 0.000269. The highest BCUT2D eigenvalue weighted by Gasteiger charge is 2.46. The van der Waals surface area contributed by atoms with Crippen LogP contribution in [0, 0.1) is 5.82 Å². The van der Waals surface area contributed by atoms with Crippen molar-refractivity contribution >= 4 is 17.4 Å². The van der Waals surface area contributed by atoms with Crippen LogP contribution in [0.25, 0.3) is 5.76 Å². The van der Waals surface area contributed by atoms with Gasteiger partial charge in [0.1, 0.15) is 23.1 Å². The summed E-state index contributed by atoms with van der Waals surface area (Å²) in [6.07, 6.45) is 1.36. The first-order valence-corrected chi connectivity index (χ1v) is 10.8. The Labute approximate surface area is 192 Å². The summed E-state index contributed by atoms with van der Waals surface area (Å²) in [4.78, 5) is 27.4. The van der Waals surface area contributed by atoms with Crippen LogP contribution in [-0.4, -0.2) is 55.7 Å². The van der Waals surface area contributed by atoms with E-state index in [-0.39, 0.29) is 23.4 Å². The number of halogens is 1. The van der Waals surface area contributed by atoms with Gasteiger partial charge in [-0.25, -0.2) is 4.39 Å². The number of rotatable bonds is 10. The van der Waals surface area contributed by atoms with Gasteiger partial charge in [0, 0.05) is 20.3 Å². The molecule has 1 heterocycles. The molecule has 1 atom stereocenters. The van der Waals surface area contributed by atoms with E-state index in [1.807, 2.05) is 6.92 Å². The molecule has 33 heavy (non-hydrogen) atoms. The van der Waals surface area contributed by atoms with Gasteiger partial charge in [0.25, 0.3) is 11.7 Å². The van der Waals surface area contributed by atoms with Crippen LogP contribution in [0.5, 0.6) is 11.5 Å². The largest absolute Gasteiger partial charge is 0.507 e. The topological polar surface area (TPSA) is 85.3 Å². The standard InChI is InChI=1S/C25H28FNO6/c1-4-13-33-18-9-6-16(7-10-18)22-21(24(29)25(30)27(22)12-5-14-31-2)23(28)19-15-17(26)8-11-20(19)32-3/h6-11,15,22,28H,4-5,12-14H2,1-3H3/b23-21+. The summed E-state index contributed by atoms with van der Waals surface area (Å²) in [6, 6.07) is 9.77. The molecular formula is C25H28FNO6. The molecule has 1 saturated heterocycles. The quantitative estimate of drug-likeness (QED) is 0.250. The molecule has 0 aliphatic carbocycles. The Kier molecular flexibility index (Phi) is 8.06. The molecule has 2 aromatic rings. The third-order valence-electron chi connectivity index (χ3n) is 5.37. The van der Waals surface area contributed by atoms with Crippen molar-refractivity contribution < 1.29 is 33.3 Å². The van der Waals surface area contributed by atoms with Gasteiger partial charge in [-0.1, -0.05) is 19.1 Å². The number of methoxy groups -OCH3 is 2. The van der Waals surface area contributed by atoms with Crippen LogP contribution in [0.1, 0.15) is 36.9 Å². The van der Waals surface area contributed by atoms with Crippen molar-refractivity contribution in [2.75, 3.05) is 34.0 Å². The molecule has 1 fully saturated rings. The van der Waals surface area contributed by atoms with Crippen molar-refractivity contribution in [1.29, 1.82) is 0 Å². The minimum atomic E-state index is -0.852. The second-order valence-electron chi connectivity index (χ2n) is 7.60. The van der Waals surface area contributed by atoms with Crippen LogP contribution in [-0.2, 0) is 14.3 Å². The van der Waals surface area contributed by atoms with E-state index in [1.54, 1.807) is 31.4 Å². The molecule has 0 spiro atoms. The average Bonchev–Trinajstić information content (AvgIpc) is 3.07. The molecule has 176 valence electrons. The van der Waals surface area contributed by atoms with Crippen LogP contribution < -0.4 is 9.47 Å². The Morgan fingerprint density at radius 2 is 1.82 bits per heavy atom. The van der Waals surface area contributed by atoms with E-state index < -0.39 is 29.3 Å². The Morgan fingerprint density at radius 1 is 1.09 bits per heavy atom. The zero-order chi connectivity index (χ0) is 24.0. The molecule has 8 heteroatoms. The molecule has 0 bridgehead atoms. The number of benzene rings is 2. The summed E-state index contributed by atoms with van der Waals surface area (Å²) in [5.41, 5.74) is 0.496. The molecule has 2 aromatic carbocycles. The van der Waals surface area contributed by atoms with Crippen LogP contribution >= 0.6 is 0 Å². The van der Waals surface area contributed by atoms with E-state index in [2.05, 4.69) is 0 Å². The van der Waals surface area contributed by atoms with Gasteiger partial charge in [0.15, 0.2) is 0 Å². The van der Waals surface area contributed by atoms with Crippen LogP contribution in [0.3, 0.4) is 0 Å². The van der Waals surface area contributed by atoms with E-state index in [0.717, 1.165) is 12.5 Å². The van der Waals surface area contributed by atoms with E-state index in [4.69, 9.17) is 14.2 Å². The van der Waals surface area contributed by atoms with Crippen molar-refractivity contribution in [3.8, 4) is 11.5 Å². The number of nitrogens with zero attached hydrogens (tertiary/aromatic N) is 1. The van der Waals surface area contributed by atoms with Gasteiger partial charge in [0.05, 0.1) is 30.9 Å². The first-order chi connectivity index (χ1) is 15.9. The van der Waals surface area contributed by atoms with Crippen LogP contribution in [0.15, 0.2) is 48.0 Å². The molecular weight excluding hydrogens is 429 g/mol.